The van der Waals surface area contributed by atoms with Crippen molar-refractivity contribution in [1.82, 2.24) is 0 Å². The molecule has 1 heterocycles. The van der Waals surface area contributed by atoms with Crippen molar-refractivity contribution in [1.29, 1.82) is 0 Å². The summed E-state index contributed by atoms with van der Waals surface area (Å²) in [6, 6.07) is 11.5. The second-order valence-electron chi connectivity index (χ2n) is 6.23. The normalized spacial score (nSPS) is 10.8. The van der Waals surface area contributed by atoms with Crippen LogP contribution in [0.2, 0.25) is 5.02 Å². The van der Waals surface area contributed by atoms with E-state index < -0.39 is 24.3 Å². The van der Waals surface area contributed by atoms with Crippen LogP contribution in [-0.4, -0.2) is 31.6 Å². The number of ether oxygens (including phenoxy) is 1. The molecule has 5 nitrogen and oxygen atoms in total. The van der Waals surface area contributed by atoms with Crippen LogP contribution in [0.3, 0.4) is 0 Å². The number of nitrogens with zero attached hydrogens (tertiary/aromatic N) is 1. The average molecular weight is 435 g/mol. The minimum Gasteiger partial charge on any atom is -0.451 e. The first-order valence-corrected chi connectivity index (χ1v) is 10.3. The highest BCUT2D eigenvalue weighted by Crippen LogP contribution is 2.36. The Bertz CT molecular complexity index is 1030. The predicted octanol–water partition coefficient (Wildman–Crippen LogP) is 5.34. The van der Waals surface area contributed by atoms with Crippen LogP contribution in [0.5, 0.6) is 0 Å². The van der Waals surface area contributed by atoms with Crippen LogP contribution in [0.4, 0.5) is 15.8 Å². The van der Waals surface area contributed by atoms with Gasteiger partial charge in [0, 0.05) is 34.6 Å². The number of thiophene rings is 1. The molecule has 0 bridgehead atoms. The fourth-order valence-corrected chi connectivity index (χ4v) is 4.34. The molecule has 152 valence electrons. The van der Waals surface area contributed by atoms with Crippen molar-refractivity contribution >= 4 is 56.3 Å². The van der Waals surface area contributed by atoms with Crippen molar-refractivity contribution in [3.63, 3.8) is 0 Å². The zero-order valence-corrected chi connectivity index (χ0v) is 17.6. The van der Waals surface area contributed by atoms with Gasteiger partial charge in [-0.25, -0.2) is 9.18 Å². The maximum atomic E-state index is 13.3. The lowest BCUT2D eigenvalue weighted by molar-refractivity contribution is -0.119. The van der Waals surface area contributed by atoms with E-state index in [1.807, 2.05) is 12.1 Å². The summed E-state index contributed by atoms with van der Waals surface area (Å²) in [5, 5.41) is 3.45. The van der Waals surface area contributed by atoms with Gasteiger partial charge in [0.2, 0.25) is 0 Å². The maximum Gasteiger partial charge on any atom is 0.350 e. The van der Waals surface area contributed by atoms with Gasteiger partial charge in [-0.3, -0.25) is 4.79 Å². The molecule has 29 heavy (non-hydrogen) atoms. The van der Waals surface area contributed by atoms with Gasteiger partial charge < -0.3 is 15.0 Å². The maximum absolute atomic E-state index is 13.3. The van der Waals surface area contributed by atoms with Crippen molar-refractivity contribution in [2.75, 3.05) is 29.9 Å². The van der Waals surface area contributed by atoms with Gasteiger partial charge in [-0.2, -0.15) is 0 Å². The SMILES string of the molecule is CCN(CC)c1ccc(NC(=O)COC(=O)c2sc3cc(F)ccc3c2Cl)cc1. The molecule has 0 aliphatic rings. The van der Waals surface area contributed by atoms with E-state index in [0.29, 0.717) is 15.8 Å². The highest BCUT2D eigenvalue weighted by molar-refractivity contribution is 7.21. The zero-order chi connectivity index (χ0) is 21.0. The van der Waals surface area contributed by atoms with Gasteiger partial charge in [-0.1, -0.05) is 11.6 Å². The Kier molecular flexibility index (Phi) is 6.71. The predicted molar refractivity (Wildman–Crippen MR) is 116 cm³/mol. The minimum atomic E-state index is -0.719. The fraction of sp³-hybridized carbons (Fsp3) is 0.238. The van der Waals surface area contributed by atoms with Crippen molar-refractivity contribution < 1.29 is 18.7 Å². The summed E-state index contributed by atoms with van der Waals surface area (Å²) in [4.78, 5) is 26.7. The van der Waals surface area contributed by atoms with E-state index in [4.69, 9.17) is 16.3 Å². The van der Waals surface area contributed by atoms with Crippen molar-refractivity contribution in [2.45, 2.75) is 13.8 Å². The van der Waals surface area contributed by atoms with Gasteiger partial charge in [0.25, 0.3) is 5.91 Å². The third kappa shape index (κ3) is 4.86. The number of esters is 1. The summed E-state index contributed by atoms with van der Waals surface area (Å²) in [6.45, 7) is 5.49. The Labute approximate surface area is 177 Å². The number of carbonyl (C=O) groups is 2. The number of fused-ring (bicyclic) bond motifs is 1. The molecule has 0 aliphatic heterocycles. The van der Waals surface area contributed by atoms with Crippen LogP contribution in [-0.2, 0) is 9.53 Å². The first-order valence-electron chi connectivity index (χ1n) is 9.12. The highest BCUT2D eigenvalue weighted by atomic mass is 35.5. The fourth-order valence-electron chi connectivity index (χ4n) is 2.91. The Morgan fingerprint density at radius 3 is 2.48 bits per heavy atom. The molecule has 0 atom stereocenters. The van der Waals surface area contributed by atoms with Crippen LogP contribution in [0.15, 0.2) is 42.5 Å². The van der Waals surface area contributed by atoms with Gasteiger partial charge in [-0.15, -0.1) is 11.3 Å². The van der Waals surface area contributed by atoms with E-state index in [0.717, 1.165) is 30.1 Å². The van der Waals surface area contributed by atoms with Gasteiger partial charge in [-0.05, 0) is 56.3 Å². The number of nitrogens with one attached hydrogen (secondary N) is 1. The number of carbonyl (C=O) groups excluding carboxylic acids is 2. The lowest BCUT2D eigenvalue weighted by atomic mass is 10.2. The monoisotopic (exact) mass is 434 g/mol. The molecule has 0 spiro atoms. The molecule has 3 aromatic rings. The molecule has 8 heteroatoms. The van der Waals surface area contributed by atoms with Crippen LogP contribution in [0, 0.1) is 5.82 Å². The van der Waals surface area contributed by atoms with Gasteiger partial charge >= 0.3 is 5.97 Å². The first kappa shape index (κ1) is 21.1. The Balaban J connectivity index is 1.59. The van der Waals surface area contributed by atoms with E-state index in [9.17, 15) is 14.0 Å². The summed E-state index contributed by atoms with van der Waals surface area (Å²) >= 11 is 7.22. The molecule has 0 unspecified atom stereocenters. The summed E-state index contributed by atoms with van der Waals surface area (Å²) < 4.78 is 19.0. The van der Waals surface area contributed by atoms with Crippen molar-refractivity contribution in [3.05, 3.63) is 58.2 Å². The molecule has 3 rings (SSSR count). The molecule has 1 N–H and O–H groups in total. The van der Waals surface area contributed by atoms with E-state index in [1.54, 1.807) is 12.1 Å². The molecule has 0 saturated heterocycles. The van der Waals surface area contributed by atoms with Crippen LogP contribution < -0.4 is 10.2 Å². The summed E-state index contributed by atoms with van der Waals surface area (Å²) in [7, 11) is 0. The molecule has 2 aromatic carbocycles. The Hall–Kier alpha value is -2.64. The quantitative estimate of drug-likeness (QED) is 0.510. The molecule has 0 radical (unpaired) electrons. The van der Waals surface area contributed by atoms with Crippen LogP contribution >= 0.6 is 22.9 Å². The van der Waals surface area contributed by atoms with Crippen LogP contribution in [0.25, 0.3) is 10.1 Å². The first-order chi connectivity index (χ1) is 13.9. The number of benzene rings is 2. The number of halogens is 2. The van der Waals surface area contributed by atoms with Gasteiger partial charge in [0.15, 0.2) is 6.61 Å². The molecule has 0 aliphatic carbocycles. The van der Waals surface area contributed by atoms with E-state index in [2.05, 4.69) is 24.1 Å². The Morgan fingerprint density at radius 2 is 1.83 bits per heavy atom. The third-order valence-electron chi connectivity index (χ3n) is 4.39. The van der Waals surface area contributed by atoms with Crippen LogP contribution in [0.1, 0.15) is 23.5 Å². The summed E-state index contributed by atoms with van der Waals surface area (Å²) in [6.07, 6.45) is 0. The Morgan fingerprint density at radius 1 is 1.14 bits per heavy atom. The topological polar surface area (TPSA) is 58.6 Å². The zero-order valence-electron chi connectivity index (χ0n) is 16.0. The molecule has 0 saturated carbocycles. The second-order valence-corrected chi connectivity index (χ2v) is 7.66. The summed E-state index contributed by atoms with van der Waals surface area (Å²) in [5.41, 5.74) is 1.67. The lowest BCUT2D eigenvalue weighted by Gasteiger charge is -2.21. The van der Waals surface area contributed by atoms with Crippen molar-refractivity contribution in [2.24, 2.45) is 0 Å². The molecular weight excluding hydrogens is 415 g/mol. The molecule has 1 aromatic heterocycles. The standard InChI is InChI=1S/C21H20ClFN2O3S/c1-3-25(4-2)15-8-6-14(7-9-15)24-18(26)12-28-21(27)20-19(22)16-10-5-13(23)11-17(16)29-20/h5-11H,3-4,12H2,1-2H3,(H,24,26). The number of amides is 1. The smallest absolute Gasteiger partial charge is 0.350 e. The third-order valence-corrected chi connectivity index (χ3v) is 6.03. The lowest BCUT2D eigenvalue weighted by Crippen LogP contribution is -2.22. The van der Waals surface area contributed by atoms with Crippen molar-refractivity contribution in [3.8, 4) is 0 Å². The van der Waals surface area contributed by atoms with E-state index >= 15 is 0 Å². The number of anilines is 2. The summed E-state index contributed by atoms with van der Waals surface area (Å²) in [5.74, 6) is -1.59. The minimum absolute atomic E-state index is 0.142. The number of rotatable bonds is 7. The average Bonchev–Trinajstić information content (AvgIpc) is 3.04. The largest absolute Gasteiger partial charge is 0.451 e. The van der Waals surface area contributed by atoms with E-state index in [-0.39, 0.29) is 9.90 Å². The molecule has 0 fully saturated rings. The second kappa shape index (κ2) is 9.24. The molecule has 1 amide bonds. The number of hydrogen-bond acceptors (Lipinski definition) is 5. The molecular formula is C21H20ClFN2O3S. The van der Waals surface area contributed by atoms with Gasteiger partial charge in [0.05, 0.1) is 5.02 Å². The number of hydrogen-bond donors (Lipinski definition) is 1. The van der Waals surface area contributed by atoms with E-state index in [1.165, 1.54) is 18.2 Å². The van der Waals surface area contributed by atoms with Gasteiger partial charge in [0.1, 0.15) is 10.7 Å². The highest BCUT2D eigenvalue weighted by Gasteiger charge is 2.20.